The molecule has 2 aromatic carbocycles. The van der Waals surface area contributed by atoms with Gasteiger partial charge in [0.1, 0.15) is 0 Å². The first-order valence-corrected chi connectivity index (χ1v) is 9.60. The van der Waals surface area contributed by atoms with Crippen LogP contribution in [0.3, 0.4) is 0 Å². The first-order valence-electron chi connectivity index (χ1n) is 9.60. The summed E-state index contributed by atoms with van der Waals surface area (Å²) in [6.07, 6.45) is 3.86. The molecule has 1 aliphatic heterocycles. The van der Waals surface area contributed by atoms with Crippen LogP contribution in [0.25, 0.3) is 0 Å². The Kier molecular flexibility index (Phi) is 5.47. The highest BCUT2D eigenvalue weighted by atomic mass is 16.1. The predicted octanol–water partition coefficient (Wildman–Crippen LogP) is 4.46. The Bertz CT molecular complexity index is 904. The van der Waals surface area contributed by atoms with Crippen molar-refractivity contribution in [1.29, 1.82) is 0 Å². The van der Waals surface area contributed by atoms with E-state index in [0.29, 0.717) is 17.2 Å². The largest absolute Gasteiger partial charge is 0.372 e. The molecule has 0 aliphatic carbocycles. The third-order valence-corrected chi connectivity index (χ3v) is 4.80. The number of benzene rings is 2. The number of carbonyl (C=O) groups excluding carboxylic acids is 1. The van der Waals surface area contributed by atoms with Crippen molar-refractivity contribution in [1.82, 2.24) is 10.2 Å². The summed E-state index contributed by atoms with van der Waals surface area (Å²) in [7, 11) is 0. The minimum absolute atomic E-state index is 0.205. The molecule has 28 heavy (non-hydrogen) atoms. The fraction of sp³-hybridized carbons (Fsp3) is 0.227. The third-order valence-electron chi connectivity index (χ3n) is 4.80. The highest BCUT2D eigenvalue weighted by molar-refractivity contribution is 6.03. The maximum absolute atomic E-state index is 12.2. The van der Waals surface area contributed by atoms with Crippen molar-refractivity contribution < 1.29 is 4.79 Å². The molecule has 6 heteroatoms. The first-order chi connectivity index (χ1) is 13.8. The average Bonchev–Trinajstić information content (AvgIpc) is 2.77. The maximum Gasteiger partial charge on any atom is 0.256 e. The van der Waals surface area contributed by atoms with Crippen LogP contribution in [0.4, 0.5) is 23.0 Å². The normalized spacial score (nSPS) is 13.8. The minimum Gasteiger partial charge on any atom is -0.372 e. The molecule has 1 fully saturated rings. The quantitative estimate of drug-likeness (QED) is 0.691. The lowest BCUT2D eigenvalue weighted by Gasteiger charge is -2.28. The number of anilines is 4. The molecule has 4 rings (SSSR count). The molecule has 2 heterocycles. The summed E-state index contributed by atoms with van der Waals surface area (Å²) in [5, 5.41) is 14.2. The van der Waals surface area contributed by atoms with Gasteiger partial charge in [0.05, 0.1) is 0 Å². The van der Waals surface area contributed by atoms with Crippen LogP contribution in [0.1, 0.15) is 29.6 Å². The number of aromatic nitrogens is 2. The second kappa shape index (κ2) is 8.52. The number of rotatable bonds is 5. The SMILES string of the molecule is O=C(Nc1ccc(Nc2ccc(N3CCCCC3)cc2)nn1)c1ccccc1. The third kappa shape index (κ3) is 4.46. The lowest BCUT2D eigenvalue weighted by atomic mass is 10.1. The van der Waals surface area contributed by atoms with Crippen LogP contribution >= 0.6 is 0 Å². The van der Waals surface area contributed by atoms with E-state index in [1.165, 1.54) is 24.9 Å². The molecule has 0 bridgehead atoms. The van der Waals surface area contributed by atoms with Crippen LogP contribution in [-0.4, -0.2) is 29.2 Å². The summed E-state index contributed by atoms with van der Waals surface area (Å²) in [5.74, 6) is 0.840. The molecule has 0 radical (unpaired) electrons. The number of nitrogens with one attached hydrogen (secondary N) is 2. The lowest BCUT2D eigenvalue weighted by molar-refractivity contribution is 0.102. The molecule has 3 aromatic rings. The smallest absolute Gasteiger partial charge is 0.256 e. The van der Waals surface area contributed by atoms with Crippen LogP contribution in [0, 0.1) is 0 Å². The molecule has 0 unspecified atom stereocenters. The Morgan fingerprint density at radius 2 is 1.46 bits per heavy atom. The summed E-state index contributed by atoms with van der Waals surface area (Å²) in [6, 6.07) is 20.9. The molecule has 1 aliphatic rings. The number of nitrogens with zero attached hydrogens (tertiary/aromatic N) is 3. The van der Waals surface area contributed by atoms with Gasteiger partial charge in [-0.1, -0.05) is 18.2 Å². The standard InChI is InChI=1S/C22H23N5O/c28-22(17-7-3-1-4-8-17)24-21-14-13-20(25-26-21)23-18-9-11-19(12-10-18)27-15-5-2-6-16-27/h1,3-4,7-14H,2,5-6,15-16H2,(H,23,25)(H,24,26,28). The zero-order valence-corrected chi connectivity index (χ0v) is 15.6. The molecular formula is C22H23N5O. The summed E-state index contributed by atoms with van der Waals surface area (Å²) in [4.78, 5) is 14.6. The fourth-order valence-electron chi connectivity index (χ4n) is 3.30. The van der Waals surface area contributed by atoms with Crippen LogP contribution in [0.15, 0.2) is 66.7 Å². The van der Waals surface area contributed by atoms with Gasteiger partial charge in [-0.2, -0.15) is 0 Å². The molecule has 6 nitrogen and oxygen atoms in total. The van der Waals surface area contributed by atoms with E-state index in [4.69, 9.17) is 0 Å². The second-order valence-electron chi connectivity index (χ2n) is 6.84. The topological polar surface area (TPSA) is 70.2 Å². The van der Waals surface area contributed by atoms with Crippen molar-refractivity contribution in [3.8, 4) is 0 Å². The zero-order valence-electron chi connectivity index (χ0n) is 15.6. The van der Waals surface area contributed by atoms with Crippen molar-refractivity contribution in [3.63, 3.8) is 0 Å². The number of amides is 1. The Balaban J connectivity index is 1.36. The van der Waals surface area contributed by atoms with E-state index >= 15 is 0 Å². The average molecular weight is 373 g/mol. The van der Waals surface area contributed by atoms with Crippen molar-refractivity contribution in [2.24, 2.45) is 0 Å². The maximum atomic E-state index is 12.2. The number of piperidine rings is 1. The van der Waals surface area contributed by atoms with E-state index in [1.54, 1.807) is 24.3 Å². The number of carbonyl (C=O) groups is 1. The zero-order chi connectivity index (χ0) is 19.2. The summed E-state index contributed by atoms with van der Waals surface area (Å²) < 4.78 is 0. The molecular weight excluding hydrogens is 350 g/mol. The van der Waals surface area contributed by atoms with Crippen molar-refractivity contribution >= 4 is 28.9 Å². The van der Waals surface area contributed by atoms with Gasteiger partial charge < -0.3 is 15.5 Å². The van der Waals surface area contributed by atoms with E-state index in [0.717, 1.165) is 18.8 Å². The van der Waals surface area contributed by atoms with Gasteiger partial charge in [0.25, 0.3) is 5.91 Å². The first kappa shape index (κ1) is 18.0. The molecule has 1 amide bonds. The minimum atomic E-state index is -0.205. The molecule has 0 saturated carbocycles. The van der Waals surface area contributed by atoms with Gasteiger partial charge in [0.15, 0.2) is 11.6 Å². The van der Waals surface area contributed by atoms with Gasteiger partial charge in [-0.3, -0.25) is 4.79 Å². The molecule has 0 atom stereocenters. The monoisotopic (exact) mass is 373 g/mol. The molecule has 1 saturated heterocycles. The Hall–Kier alpha value is -3.41. The highest BCUT2D eigenvalue weighted by Crippen LogP contribution is 2.23. The van der Waals surface area contributed by atoms with Crippen LogP contribution in [0.5, 0.6) is 0 Å². The van der Waals surface area contributed by atoms with E-state index in [-0.39, 0.29) is 5.91 Å². The van der Waals surface area contributed by atoms with Crippen molar-refractivity contribution in [2.45, 2.75) is 19.3 Å². The molecule has 0 spiro atoms. The van der Waals surface area contributed by atoms with E-state index < -0.39 is 0 Å². The Morgan fingerprint density at radius 1 is 0.786 bits per heavy atom. The summed E-state index contributed by atoms with van der Waals surface area (Å²) in [6.45, 7) is 2.27. The lowest BCUT2D eigenvalue weighted by Crippen LogP contribution is -2.29. The second-order valence-corrected chi connectivity index (χ2v) is 6.84. The van der Waals surface area contributed by atoms with E-state index in [9.17, 15) is 4.79 Å². The van der Waals surface area contributed by atoms with E-state index in [1.807, 2.05) is 18.2 Å². The Morgan fingerprint density at radius 3 is 2.14 bits per heavy atom. The van der Waals surface area contributed by atoms with Gasteiger partial charge in [-0.15, -0.1) is 10.2 Å². The number of hydrogen-bond donors (Lipinski definition) is 2. The van der Waals surface area contributed by atoms with Gasteiger partial charge >= 0.3 is 0 Å². The predicted molar refractivity (Wildman–Crippen MR) is 112 cm³/mol. The highest BCUT2D eigenvalue weighted by Gasteiger charge is 2.11. The summed E-state index contributed by atoms with van der Waals surface area (Å²) >= 11 is 0. The van der Waals surface area contributed by atoms with Gasteiger partial charge in [0, 0.05) is 30.0 Å². The van der Waals surface area contributed by atoms with E-state index in [2.05, 4.69) is 50.0 Å². The van der Waals surface area contributed by atoms with Crippen LogP contribution in [0.2, 0.25) is 0 Å². The van der Waals surface area contributed by atoms with Gasteiger partial charge in [0.2, 0.25) is 0 Å². The molecule has 1 aromatic heterocycles. The van der Waals surface area contributed by atoms with Gasteiger partial charge in [-0.05, 0) is 67.8 Å². The van der Waals surface area contributed by atoms with Crippen LogP contribution < -0.4 is 15.5 Å². The molecule has 142 valence electrons. The van der Waals surface area contributed by atoms with Crippen LogP contribution in [-0.2, 0) is 0 Å². The fourth-order valence-corrected chi connectivity index (χ4v) is 3.30. The van der Waals surface area contributed by atoms with Gasteiger partial charge in [-0.25, -0.2) is 0 Å². The Labute approximate surface area is 164 Å². The molecule has 2 N–H and O–H groups in total. The number of hydrogen-bond acceptors (Lipinski definition) is 5. The van der Waals surface area contributed by atoms with Crippen molar-refractivity contribution in [3.05, 3.63) is 72.3 Å². The summed E-state index contributed by atoms with van der Waals surface area (Å²) in [5.41, 5.74) is 2.80. The van der Waals surface area contributed by atoms with Crippen molar-refractivity contribution in [2.75, 3.05) is 28.6 Å².